The number of aryl methyl sites for hydroxylation is 1. The molecule has 0 fully saturated rings. The van der Waals surface area contributed by atoms with Crippen molar-refractivity contribution < 1.29 is 9.47 Å². The number of halogens is 1. The van der Waals surface area contributed by atoms with Gasteiger partial charge in [-0.25, -0.2) is 0 Å². The van der Waals surface area contributed by atoms with E-state index in [-0.39, 0.29) is 0 Å². The quantitative estimate of drug-likeness (QED) is 0.340. The van der Waals surface area contributed by atoms with Crippen molar-refractivity contribution in [3.63, 3.8) is 0 Å². The molecule has 0 aliphatic carbocycles. The van der Waals surface area contributed by atoms with Crippen molar-refractivity contribution in [3.05, 3.63) is 35.9 Å². The monoisotopic (exact) mass is 348 g/mol. The van der Waals surface area contributed by atoms with E-state index in [4.69, 9.17) is 21.1 Å². The minimum atomic E-state index is 0.621. The minimum absolute atomic E-state index is 0.621. The summed E-state index contributed by atoms with van der Waals surface area (Å²) in [7, 11) is 0. The molecule has 2 rings (SSSR count). The molecule has 132 valence electrons. The fraction of sp³-hybridized carbons (Fsp3) is 0.524. The third-order valence-corrected chi connectivity index (χ3v) is 4.44. The first-order chi connectivity index (χ1) is 11.8. The third kappa shape index (κ3) is 5.31. The highest BCUT2D eigenvalue weighted by atomic mass is 35.5. The second-order valence-electron chi connectivity index (χ2n) is 6.22. The first-order valence-corrected chi connectivity index (χ1v) is 9.65. The second kappa shape index (κ2) is 10.5. The molecule has 0 radical (unpaired) electrons. The summed E-state index contributed by atoms with van der Waals surface area (Å²) in [5.74, 6) is 2.53. The average molecular weight is 349 g/mol. The van der Waals surface area contributed by atoms with Crippen LogP contribution in [0.4, 0.5) is 0 Å². The third-order valence-electron chi connectivity index (χ3n) is 4.17. The number of fused-ring (bicyclic) bond motifs is 1. The lowest BCUT2D eigenvalue weighted by atomic mass is 10.0. The molecule has 2 aromatic rings. The predicted octanol–water partition coefficient (Wildman–Crippen LogP) is 6.51. The van der Waals surface area contributed by atoms with Crippen LogP contribution >= 0.6 is 11.6 Å². The first-order valence-electron chi connectivity index (χ1n) is 9.11. The molecule has 0 saturated carbocycles. The van der Waals surface area contributed by atoms with Gasteiger partial charge in [0.25, 0.3) is 0 Å². The van der Waals surface area contributed by atoms with E-state index >= 15 is 0 Å². The van der Waals surface area contributed by atoms with Crippen LogP contribution in [0.25, 0.3) is 10.8 Å². The zero-order valence-electron chi connectivity index (χ0n) is 14.9. The number of benzene rings is 2. The van der Waals surface area contributed by atoms with Gasteiger partial charge in [0.1, 0.15) is 11.5 Å². The zero-order chi connectivity index (χ0) is 17.2. The Bertz CT molecular complexity index is 625. The first kappa shape index (κ1) is 18.9. The lowest BCUT2D eigenvalue weighted by Gasteiger charge is -2.16. The SMILES string of the molecule is CCCCCCCOc1c(C)cc(OCCCCl)c2ccccc12. The van der Waals surface area contributed by atoms with Gasteiger partial charge in [0.2, 0.25) is 0 Å². The van der Waals surface area contributed by atoms with Gasteiger partial charge in [-0.05, 0) is 31.4 Å². The number of rotatable bonds is 11. The summed E-state index contributed by atoms with van der Waals surface area (Å²) >= 11 is 5.75. The summed E-state index contributed by atoms with van der Waals surface area (Å²) < 4.78 is 12.1. The molecule has 0 spiro atoms. The Morgan fingerprint density at radius 3 is 2.33 bits per heavy atom. The topological polar surface area (TPSA) is 18.5 Å². The van der Waals surface area contributed by atoms with Crippen molar-refractivity contribution in [1.29, 1.82) is 0 Å². The van der Waals surface area contributed by atoms with Crippen molar-refractivity contribution >= 4 is 22.4 Å². The lowest BCUT2D eigenvalue weighted by Crippen LogP contribution is -2.02. The van der Waals surface area contributed by atoms with Gasteiger partial charge >= 0.3 is 0 Å². The molecular formula is C21H29ClO2. The summed E-state index contributed by atoms with van der Waals surface area (Å²) in [4.78, 5) is 0. The van der Waals surface area contributed by atoms with Crippen LogP contribution in [0.5, 0.6) is 11.5 Å². The molecule has 0 unspecified atom stereocenters. The fourth-order valence-corrected chi connectivity index (χ4v) is 2.98. The van der Waals surface area contributed by atoms with Crippen molar-refractivity contribution in [2.24, 2.45) is 0 Å². The maximum atomic E-state index is 6.13. The molecule has 3 heteroatoms. The highest BCUT2D eigenvalue weighted by Gasteiger charge is 2.11. The highest BCUT2D eigenvalue weighted by Crippen LogP contribution is 2.36. The number of unbranched alkanes of at least 4 members (excludes halogenated alkanes) is 4. The molecule has 0 atom stereocenters. The Hall–Kier alpha value is -1.41. The van der Waals surface area contributed by atoms with E-state index in [0.717, 1.165) is 47.3 Å². The van der Waals surface area contributed by atoms with E-state index in [1.807, 2.05) is 6.07 Å². The molecule has 0 aliphatic heterocycles. The summed E-state index contributed by atoms with van der Waals surface area (Å²) in [5, 5.41) is 2.24. The molecule has 0 N–H and O–H groups in total. The van der Waals surface area contributed by atoms with Crippen LogP contribution < -0.4 is 9.47 Å². The fourth-order valence-electron chi connectivity index (χ4n) is 2.88. The molecule has 2 aromatic carbocycles. The largest absolute Gasteiger partial charge is 0.493 e. The molecule has 0 aromatic heterocycles. The van der Waals surface area contributed by atoms with Crippen LogP contribution in [-0.2, 0) is 0 Å². The van der Waals surface area contributed by atoms with E-state index in [1.165, 1.54) is 25.7 Å². The van der Waals surface area contributed by atoms with E-state index in [0.29, 0.717) is 12.5 Å². The van der Waals surface area contributed by atoms with Gasteiger partial charge in [-0.15, -0.1) is 11.6 Å². The van der Waals surface area contributed by atoms with Crippen LogP contribution in [-0.4, -0.2) is 19.1 Å². The van der Waals surface area contributed by atoms with Gasteiger partial charge in [0.15, 0.2) is 0 Å². The van der Waals surface area contributed by atoms with Gasteiger partial charge in [-0.1, -0.05) is 56.9 Å². The zero-order valence-corrected chi connectivity index (χ0v) is 15.7. The van der Waals surface area contributed by atoms with Gasteiger partial charge in [-0.2, -0.15) is 0 Å². The van der Waals surface area contributed by atoms with E-state index in [1.54, 1.807) is 0 Å². The van der Waals surface area contributed by atoms with Gasteiger partial charge in [0.05, 0.1) is 13.2 Å². The maximum Gasteiger partial charge on any atom is 0.130 e. The van der Waals surface area contributed by atoms with Gasteiger partial charge < -0.3 is 9.47 Å². The summed E-state index contributed by atoms with van der Waals surface area (Å²) in [5.41, 5.74) is 1.13. The van der Waals surface area contributed by atoms with Crippen LogP contribution in [0.3, 0.4) is 0 Å². The Balaban J connectivity index is 2.09. The normalized spacial score (nSPS) is 11.0. The Labute approximate surface area is 151 Å². The Morgan fingerprint density at radius 1 is 0.875 bits per heavy atom. The highest BCUT2D eigenvalue weighted by molar-refractivity contribution is 6.17. The lowest BCUT2D eigenvalue weighted by molar-refractivity contribution is 0.303. The van der Waals surface area contributed by atoms with Crippen LogP contribution in [0.1, 0.15) is 51.0 Å². The molecule has 0 heterocycles. The molecule has 0 aliphatic rings. The van der Waals surface area contributed by atoms with Crippen molar-refractivity contribution in [1.82, 2.24) is 0 Å². The maximum absolute atomic E-state index is 6.13. The van der Waals surface area contributed by atoms with Crippen molar-refractivity contribution in [2.75, 3.05) is 19.1 Å². The van der Waals surface area contributed by atoms with Crippen LogP contribution in [0, 0.1) is 6.92 Å². The summed E-state index contributed by atoms with van der Waals surface area (Å²) in [6.45, 7) is 5.75. The molecule has 0 amide bonds. The number of ether oxygens (including phenoxy) is 2. The standard InChI is InChI=1S/C21H29ClO2/c1-3-4-5-6-9-14-24-21-17(2)16-20(23-15-10-13-22)18-11-7-8-12-19(18)21/h7-8,11-12,16H,3-6,9-10,13-15H2,1-2H3. The van der Waals surface area contributed by atoms with Crippen molar-refractivity contribution in [2.45, 2.75) is 52.4 Å². The minimum Gasteiger partial charge on any atom is -0.493 e. The predicted molar refractivity (Wildman–Crippen MR) is 104 cm³/mol. The van der Waals surface area contributed by atoms with E-state index in [2.05, 4.69) is 38.1 Å². The Morgan fingerprint density at radius 2 is 1.58 bits per heavy atom. The molecular weight excluding hydrogens is 320 g/mol. The summed E-state index contributed by atoms with van der Waals surface area (Å²) in [6.07, 6.45) is 7.09. The molecule has 24 heavy (non-hydrogen) atoms. The second-order valence-corrected chi connectivity index (χ2v) is 6.60. The van der Waals surface area contributed by atoms with Crippen molar-refractivity contribution in [3.8, 4) is 11.5 Å². The number of alkyl halides is 1. The smallest absolute Gasteiger partial charge is 0.130 e. The summed E-state index contributed by atoms with van der Waals surface area (Å²) in [6, 6.07) is 10.4. The van der Waals surface area contributed by atoms with E-state index < -0.39 is 0 Å². The van der Waals surface area contributed by atoms with Gasteiger partial charge in [0, 0.05) is 16.7 Å². The van der Waals surface area contributed by atoms with Crippen LogP contribution in [0.15, 0.2) is 30.3 Å². The number of hydrogen-bond donors (Lipinski definition) is 0. The van der Waals surface area contributed by atoms with E-state index in [9.17, 15) is 0 Å². The molecule has 0 bridgehead atoms. The molecule has 0 saturated heterocycles. The Kier molecular flexibility index (Phi) is 8.24. The van der Waals surface area contributed by atoms with Gasteiger partial charge in [-0.3, -0.25) is 0 Å². The molecule has 2 nitrogen and oxygen atoms in total. The average Bonchev–Trinajstić information content (AvgIpc) is 2.60. The number of hydrogen-bond acceptors (Lipinski definition) is 2. The van der Waals surface area contributed by atoms with Crippen LogP contribution in [0.2, 0.25) is 0 Å².